The fourth-order valence-corrected chi connectivity index (χ4v) is 1.43. The second kappa shape index (κ2) is 8.72. The van der Waals surface area contributed by atoms with Gasteiger partial charge in [0.1, 0.15) is 12.4 Å². The number of benzene rings is 1. The maximum Gasteiger partial charge on any atom is 0.315 e. The van der Waals surface area contributed by atoms with Crippen LogP contribution in [-0.2, 0) is 11.3 Å². The van der Waals surface area contributed by atoms with Gasteiger partial charge in [-0.1, -0.05) is 12.1 Å². The van der Waals surface area contributed by atoms with Crippen molar-refractivity contribution in [2.75, 3.05) is 13.2 Å². The molecule has 0 saturated heterocycles. The zero-order valence-electron chi connectivity index (χ0n) is 11.1. The van der Waals surface area contributed by atoms with Crippen molar-refractivity contribution < 1.29 is 28.2 Å². The number of halogens is 2. The lowest BCUT2D eigenvalue weighted by Crippen LogP contribution is -2.36. The summed E-state index contributed by atoms with van der Waals surface area (Å²) in [5, 5.41) is 13.3. The van der Waals surface area contributed by atoms with Crippen LogP contribution < -0.4 is 15.4 Å². The molecule has 0 aromatic heterocycles. The molecule has 21 heavy (non-hydrogen) atoms. The van der Waals surface area contributed by atoms with Crippen LogP contribution in [0.15, 0.2) is 24.3 Å². The standard InChI is InChI=1S/C13H16F2N2O4/c14-11(15)8-21-10-3-1-2-9(6-10)7-17-13(20)16-5-4-12(18)19/h1-3,6,11H,4-5,7-8H2,(H,18,19)(H2,16,17,20). The Balaban J connectivity index is 2.35. The maximum absolute atomic E-state index is 12.0. The second-order valence-electron chi connectivity index (χ2n) is 4.10. The lowest BCUT2D eigenvalue weighted by molar-refractivity contribution is -0.136. The number of hydrogen-bond donors (Lipinski definition) is 3. The van der Waals surface area contributed by atoms with E-state index in [0.29, 0.717) is 11.3 Å². The minimum Gasteiger partial charge on any atom is -0.488 e. The van der Waals surface area contributed by atoms with Crippen molar-refractivity contribution in [1.82, 2.24) is 10.6 Å². The molecule has 1 rings (SSSR count). The molecule has 2 amide bonds. The minimum absolute atomic E-state index is 0.0265. The molecule has 0 fully saturated rings. The van der Waals surface area contributed by atoms with Crippen molar-refractivity contribution in [1.29, 1.82) is 0 Å². The molecule has 3 N–H and O–H groups in total. The van der Waals surface area contributed by atoms with Gasteiger partial charge in [-0.2, -0.15) is 0 Å². The molecule has 1 aromatic carbocycles. The fourth-order valence-electron chi connectivity index (χ4n) is 1.43. The molecule has 8 heteroatoms. The van der Waals surface area contributed by atoms with E-state index in [1.54, 1.807) is 24.3 Å². The van der Waals surface area contributed by atoms with E-state index in [1.165, 1.54) is 0 Å². The largest absolute Gasteiger partial charge is 0.488 e. The van der Waals surface area contributed by atoms with Gasteiger partial charge in [-0.15, -0.1) is 0 Å². The number of nitrogens with one attached hydrogen (secondary N) is 2. The number of carbonyl (C=O) groups is 2. The zero-order valence-corrected chi connectivity index (χ0v) is 11.1. The first-order chi connectivity index (χ1) is 9.97. The molecule has 0 bridgehead atoms. The highest BCUT2D eigenvalue weighted by atomic mass is 19.3. The van der Waals surface area contributed by atoms with Gasteiger partial charge in [0.05, 0.1) is 6.42 Å². The summed E-state index contributed by atoms with van der Waals surface area (Å²) in [4.78, 5) is 21.6. The SMILES string of the molecule is O=C(O)CCNC(=O)NCc1cccc(OCC(F)F)c1. The quantitative estimate of drug-likeness (QED) is 0.680. The van der Waals surface area contributed by atoms with Crippen molar-refractivity contribution in [2.45, 2.75) is 19.4 Å². The molecular weight excluding hydrogens is 286 g/mol. The summed E-state index contributed by atoms with van der Waals surface area (Å²) in [6.45, 7) is -0.490. The Kier molecular flexibility index (Phi) is 6.93. The summed E-state index contributed by atoms with van der Waals surface area (Å²) in [6.07, 6.45) is -2.71. The molecule has 0 heterocycles. The molecule has 0 aliphatic rings. The number of carboxylic acids is 1. The molecule has 0 atom stereocenters. The van der Waals surface area contributed by atoms with Gasteiger partial charge in [0.15, 0.2) is 0 Å². The van der Waals surface area contributed by atoms with E-state index in [1.807, 2.05) is 0 Å². The molecule has 1 aromatic rings. The van der Waals surface area contributed by atoms with Crippen molar-refractivity contribution in [2.24, 2.45) is 0 Å². The molecule has 116 valence electrons. The number of aliphatic carboxylic acids is 1. The Morgan fingerprint density at radius 2 is 2.05 bits per heavy atom. The Hall–Kier alpha value is -2.38. The fraction of sp³-hybridized carbons (Fsp3) is 0.385. The first kappa shape index (κ1) is 16.7. The van der Waals surface area contributed by atoms with Gasteiger partial charge >= 0.3 is 12.0 Å². The topological polar surface area (TPSA) is 87.7 Å². The molecule has 0 unspecified atom stereocenters. The van der Waals surface area contributed by atoms with Gasteiger partial charge in [-0.05, 0) is 17.7 Å². The second-order valence-corrected chi connectivity index (χ2v) is 4.10. The van der Waals surface area contributed by atoms with Crippen LogP contribution in [0.5, 0.6) is 5.75 Å². The maximum atomic E-state index is 12.0. The van der Waals surface area contributed by atoms with Crippen LogP contribution in [0.1, 0.15) is 12.0 Å². The number of carbonyl (C=O) groups excluding carboxylic acids is 1. The monoisotopic (exact) mass is 302 g/mol. The van der Waals surface area contributed by atoms with Crippen LogP contribution in [0.4, 0.5) is 13.6 Å². The van der Waals surface area contributed by atoms with Crippen LogP contribution in [0.2, 0.25) is 0 Å². The average molecular weight is 302 g/mol. The lowest BCUT2D eigenvalue weighted by atomic mass is 10.2. The van der Waals surface area contributed by atoms with E-state index >= 15 is 0 Å². The van der Waals surface area contributed by atoms with Gasteiger partial charge in [-0.3, -0.25) is 4.79 Å². The summed E-state index contributed by atoms with van der Waals surface area (Å²) in [5.74, 6) is -0.708. The molecular formula is C13H16F2N2O4. The van der Waals surface area contributed by atoms with E-state index in [9.17, 15) is 18.4 Å². The van der Waals surface area contributed by atoms with Crippen LogP contribution >= 0.6 is 0 Å². The number of rotatable bonds is 8. The van der Waals surface area contributed by atoms with E-state index in [0.717, 1.165) is 0 Å². The number of amides is 2. The normalized spacial score (nSPS) is 10.2. The third-order valence-corrected chi connectivity index (χ3v) is 2.35. The van der Waals surface area contributed by atoms with Crippen molar-refractivity contribution in [3.8, 4) is 5.75 Å². The Labute approximate surface area is 120 Å². The first-order valence-corrected chi connectivity index (χ1v) is 6.20. The van der Waals surface area contributed by atoms with E-state index in [-0.39, 0.29) is 19.5 Å². The zero-order chi connectivity index (χ0) is 15.7. The van der Waals surface area contributed by atoms with Gasteiger partial charge in [0, 0.05) is 13.1 Å². The predicted molar refractivity (Wildman–Crippen MR) is 70.4 cm³/mol. The van der Waals surface area contributed by atoms with Crippen LogP contribution in [0.3, 0.4) is 0 Å². The third kappa shape index (κ3) is 7.71. The number of hydrogen-bond acceptors (Lipinski definition) is 3. The van der Waals surface area contributed by atoms with Crippen LogP contribution in [0, 0.1) is 0 Å². The summed E-state index contributed by atoms with van der Waals surface area (Å²) < 4.78 is 28.9. The Morgan fingerprint density at radius 3 is 2.71 bits per heavy atom. The summed E-state index contributed by atoms with van der Waals surface area (Å²) >= 11 is 0. The molecule has 0 aliphatic carbocycles. The number of alkyl halides is 2. The lowest BCUT2D eigenvalue weighted by Gasteiger charge is -2.09. The highest BCUT2D eigenvalue weighted by Gasteiger charge is 2.05. The number of carboxylic acid groups (broad SMARTS) is 1. The first-order valence-electron chi connectivity index (χ1n) is 6.20. The minimum atomic E-state index is -2.55. The van der Waals surface area contributed by atoms with E-state index in [4.69, 9.17) is 9.84 Å². The van der Waals surface area contributed by atoms with Gasteiger partial charge in [0.2, 0.25) is 0 Å². The van der Waals surface area contributed by atoms with E-state index in [2.05, 4.69) is 10.6 Å². The summed E-state index contributed by atoms with van der Waals surface area (Å²) in [7, 11) is 0. The number of urea groups is 1. The van der Waals surface area contributed by atoms with Gasteiger partial charge in [-0.25, -0.2) is 13.6 Å². The van der Waals surface area contributed by atoms with Crippen LogP contribution in [-0.4, -0.2) is 36.7 Å². The van der Waals surface area contributed by atoms with Crippen molar-refractivity contribution in [3.05, 3.63) is 29.8 Å². The molecule has 0 aliphatic heterocycles. The van der Waals surface area contributed by atoms with Crippen LogP contribution in [0.25, 0.3) is 0 Å². The molecule has 0 spiro atoms. The third-order valence-electron chi connectivity index (χ3n) is 2.35. The van der Waals surface area contributed by atoms with Gasteiger partial charge < -0.3 is 20.5 Å². The van der Waals surface area contributed by atoms with E-state index < -0.39 is 25.0 Å². The Morgan fingerprint density at radius 1 is 1.29 bits per heavy atom. The average Bonchev–Trinajstić information content (AvgIpc) is 2.43. The highest BCUT2D eigenvalue weighted by Crippen LogP contribution is 2.14. The molecule has 6 nitrogen and oxygen atoms in total. The van der Waals surface area contributed by atoms with Crippen molar-refractivity contribution >= 4 is 12.0 Å². The van der Waals surface area contributed by atoms with Gasteiger partial charge in [0.25, 0.3) is 6.43 Å². The highest BCUT2D eigenvalue weighted by molar-refractivity contribution is 5.74. The molecule has 0 saturated carbocycles. The summed E-state index contributed by atoms with van der Waals surface area (Å²) in [6, 6.07) is 5.90. The summed E-state index contributed by atoms with van der Waals surface area (Å²) in [5.41, 5.74) is 0.676. The smallest absolute Gasteiger partial charge is 0.315 e. The Bertz CT molecular complexity index is 483. The number of ether oxygens (including phenoxy) is 1. The van der Waals surface area contributed by atoms with Crippen molar-refractivity contribution in [3.63, 3.8) is 0 Å². The predicted octanol–water partition coefficient (Wildman–Crippen LogP) is 1.60. The molecule has 0 radical (unpaired) electrons.